The van der Waals surface area contributed by atoms with E-state index in [0.717, 1.165) is 45.0 Å². The van der Waals surface area contributed by atoms with Gasteiger partial charge in [0, 0.05) is 19.7 Å². The first-order valence-corrected chi connectivity index (χ1v) is 10.3. The molecule has 0 fully saturated rings. The lowest BCUT2D eigenvalue weighted by Crippen LogP contribution is -2.21. The van der Waals surface area contributed by atoms with E-state index in [1.807, 2.05) is 32.0 Å². The Hall–Kier alpha value is -2.56. The van der Waals surface area contributed by atoms with Gasteiger partial charge in [-0.05, 0) is 31.5 Å². The number of thiazole rings is 1. The van der Waals surface area contributed by atoms with Gasteiger partial charge in [-0.2, -0.15) is 0 Å². The molecule has 0 bridgehead atoms. The number of aryl methyl sites for hydroxylation is 2. The van der Waals surface area contributed by atoms with E-state index < -0.39 is 10.0 Å². The van der Waals surface area contributed by atoms with Crippen LogP contribution in [-0.4, -0.2) is 46.5 Å². The Morgan fingerprint density at radius 3 is 2.63 bits per heavy atom. The Balaban J connectivity index is 1.78. The minimum Gasteiger partial charge on any atom is -0.361 e. The second-order valence-corrected chi connectivity index (χ2v) is 9.65. The zero-order valence-electron chi connectivity index (χ0n) is 15.2. The summed E-state index contributed by atoms with van der Waals surface area (Å²) in [6.07, 6.45) is 3.02. The fourth-order valence-electron chi connectivity index (χ4n) is 2.88. The van der Waals surface area contributed by atoms with Gasteiger partial charge in [0.1, 0.15) is 12.1 Å². The molecule has 0 aliphatic carbocycles. The Morgan fingerprint density at radius 1 is 1.19 bits per heavy atom. The standard InChI is InChI=1S/C17H17N5O3S2/c1-10-16(11(2)25-20-10)12-5-6-14-13(7-12)19-9-22(14)17-18-8-15(26-17)27(23,24)21(3)4/h5-9H,1-4H3. The van der Waals surface area contributed by atoms with Crippen molar-refractivity contribution in [3.05, 3.63) is 42.2 Å². The maximum absolute atomic E-state index is 12.3. The van der Waals surface area contributed by atoms with Crippen molar-refractivity contribution in [2.75, 3.05) is 14.1 Å². The van der Waals surface area contributed by atoms with Crippen LogP contribution >= 0.6 is 11.3 Å². The molecule has 0 spiro atoms. The molecule has 4 aromatic rings. The number of sulfonamides is 1. The van der Waals surface area contributed by atoms with Crippen LogP contribution in [0.25, 0.3) is 27.3 Å². The Labute approximate surface area is 160 Å². The van der Waals surface area contributed by atoms with Crippen LogP contribution in [0.15, 0.2) is 39.5 Å². The van der Waals surface area contributed by atoms with Crippen molar-refractivity contribution in [1.29, 1.82) is 0 Å². The Kier molecular flexibility index (Phi) is 4.13. The molecule has 0 aliphatic heterocycles. The van der Waals surface area contributed by atoms with Crippen LogP contribution in [0.3, 0.4) is 0 Å². The molecule has 10 heteroatoms. The number of nitrogens with zero attached hydrogens (tertiary/aromatic N) is 5. The monoisotopic (exact) mass is 403 g/mol. The molecule has 4 rings (SSSR count). The number of benzene rings is 1. The number of imidazole rings is 1. The zero-order chi connectivity index (χ0) is 19.3. The van der Waals surface area contributed by atoms with Crippen molar-refractivity contribution in [3.8, 4) is 16.3 Å². The lowest BCUT2D eigenvalue weighted by molar-refractivity contribution is 0.393. The molecule has 0 amide bonds. The molecule has 8 nitrogen and oxygen atoms in total. The third-order valence-corrected chi connectivity index (χ3v) is 7.53. The number of rotatable bonds is 4. The predicted octanol–water partition coefficient (Wildman–Crippen LogP) is 3.00. The van der Waals surface area contributed by atoms with Crippen LogP contribution < -0.4 is 0 Å². The van der Waals surface area contributed by atoms with Crippen molar-refractivity contribution < 1.29 is 12.9 Å². The minimum absolute atomic E-state index is 0.191. The number of hydrogen-bond donors (Lipinski definition) is 0. The summed E-state index contributed by atoms with van der Waals surface area (Å²) in [5.41, 5.74) is 4.37. The molecule has 0 aliphatic rings. The van der Waals surface area contributed by atoms with Gasteiger partial charge in [0.25, 0.3) is 10.0 Å². The van der Waals surface area contributed by atoms with Crippen molar-refractivity contribution in [1.82, 2.24) is 24.0 Å². The molecule has 3 aromatic heterocycles. The van der Waals surface area contributed by atoms with Gasteiger partial charge in [0.2, 0.25) is 0 Å². The summed E-state index contributed by atoms with van der Waals surface area (Å²) >= 11 is 1.10. The molecule has 0 N–H and O–H groups in total. The maximum atomic E-state index is 12.3. The summed E-state index contributed by atoms with van der Waals surface area (Å²) in [6, 6.07) is 5.87. The van der Waals surface area contributed by atoms with Gasteiger partial charge in [0.15, 0.2) is 9.34 Å². The normalized spacial score (nSPS) is 12.3. The van der Waals surface area contributed by atoms with Crippen molar-refractivity contribution in [3.63, 3.8) is 0 Å². The number of aromatic nitrogens is 4. The number of fused-ring (bicyclic) bond motifs is 1. The average Bonchev–Trinajstić information content (AvgIpc) is 3.32. The highest BCUT2D eigenvalue weighted by molar-refractivity contribution is 7.91. The Morgan fingerprint density at radius 2 is 1.96 bits per heavy atom. The molecule has 0 unspecified atom stereocenters. The van der Waals surface area contributed by atoms with Gasteiger partial charge in [-0.25, -0.2) is 22.7 Å². The van der Waals surface area contributed by atoms with Gasteiger partial charge in [-0.15, -0.1) is 0 Å². The van der Waals surface area contributed by atoms with E-state index in [1.54, 1.807) is 10.9 Å². The van der Waals surface area contributed by atoms with Gasteiger partial charge >= 0.3 is 0 Å². The highest BCUT2D eigenvalue weighted by Gasteiger charge is 2.22. The zero-order valence-corrected chi connectivity index (χ0v) is 16.8. The second kappa shape index (κ2) is 6.25. The molecule has 0 saturated heterocycles. The van der Waals surface area contributed by atoms with Crippen molar-refractivity contribution >= 4 is 32.4 Å². The third-order valence-electron chi connectivity index (χ3n) is 4.28. The molecule has 27 heavy (non-hydrogen) atoms. The quantitative estimate of drug-likeness (QED) is 0.520. The lowest BCUT2D eigenvalue weighted by atomic mass is 10.0. The molecule has 3 heterocycles. The molecular weight excluding hydrogens is 386 g/mol. The van der Waals surface area contributed by atoms with Crippen LogP contribution in [0.2, 0.25) is 0 Å². The summed E-state index contributed by atoms with van der Waals surface area (Å²) in [5.74, 6) is 0.754. The van der Waals surface area contributed by atoms with E-state index in [4.69, 9.17) is 4.52 Å². The first kappa shape index (κ1) is 17.8. The third kappa shape index (κ3) is 2.85. The van der Waals surface area contributed by atoms with Gasteiger partial charge in [-0.1, -0.05) is 22.6 Å². The van der Waals surface area contributed by atoms with Crippen molar-refractivity contribution in [2.24, 2.45) is 0 Å². The van der Waals surface area contributed by atoms with Gasteiger partial charge in [-0.3, -0.25) is 4.57 Å². The highest BCUT2D eigenvalue weighted by atomic mass is 32.2. The van der Waals surface area contributed by atoms with E-state index in [0.29, 0.717) is 5.13 Å². The van der Waals surface area contributed by atoms with Crippen LogP contribution in [0.5, 0.6) is 0 Å². The van der Waals surface area contributed by atoms with E-state index in [1.165, 1.54) is 24.6 Å². The topological polar surface area (TPSA) is 94.1 Å². The summed E-state index contributed by atoms with van der Waals surface area (Å²) < 4.78 is 32.9. The average molecular weight is 403 g/mol. The molecule has 140 valence electrons. The molecular formula is C17H17N5O3S2. The lowest BCUT2D eigenvalue weighted by Gasteiger charge is -2.07. The fraction of sp³-hybridized carbons (Fsp3) is 0.235. The number of hydrogen-bond acceptors (Lipinski definition) is 7. The minimum atomic E-state index is -3.51. The summed E-state index contributed by atoms with van der Waals surface area (Å²) in [6.45, 7) is 3.78. The first-order chi connectivity index (χ1) is 12.8. The van der Waals surface area contributed by atoms with E-state index in [2.05, 4.69) is 15.1 Å². The molecule has 0 atom stereocenters. The highest BCUT2D eigenvalue weighted by Crippen LogP contribution is 2.31. The van der Waals surface area contributed by atoms with Crippen LogP contribution in [0, 0.1) is 13.8 Å². The molecule has 0 radical (unpaired) electrons. The maximum Gasteiger partial charge on any atom is 0.253 e. The van der Waals surface area contributed by atoms with Gasteiger partial charge in [0.05, 0.1) is 22.9 Å². The van der Waals surface area contributed by atoms with E-state index in [-0.39, 0.29) is 4.21 Å². The van der Waals surface area contributed by atoms with E-state index >= 15 is 0 Å². The largest absolute Gasteiger partial charge is 0.361 e. The SMILES string of the molecule is Cc1noc(C)c1-c1ccc2c(c1)ncn2-c1ncc(S(=O)(=O)N(C)C)s1. The van der Waals surface area contributed by atoms with Crippen LogP contribution in [0.1, 0.15) is 11.5 Å². The van der Waals surface area contributed by atoms with Crippen molar-refractivity contribution in [2.45, 2.75) is 18.1 Å². The summed E-state index contributed by atoms with van der Waals surface area (Å²) in [4.78, 5) is 8.72. The smallest absolute Gasteiger partial charge is 0.253 e. The van der Waals surface area contributed by atoms with Crippen LogP contribution in [0.4, 0.5) is 0 Å². The van der Waals surface area contributed by atoms with Crippen LogP contribution in [-0.2, 0) is 10.0 Å². The summed E-state index contributed by atoms with van der Waals surface area (Å²) in [5, 5.41) is 4.54. The predicted molar refractivity (Wildman–Crippen MR) is 103 cm³/mol. The molecule has 1 aromatic carbocycles. The first-order valence-electron chi connectivity index (χ1n) is 8.08. The van der Waals surface area contributed by atoms with Gasteiger partial charge < -0.3 is 4.52 Å². The van der Waals surface area contributed by atoms with E-state index in [9.17, 15) is 8.42 Å². The molecule has 0 saturated carbocycles. The Bertz CT molecular complexity index is 1230. The second-order valence-electron chi connectivity index (χ2n) is 6.27. The summed E-state index contributed by atoms with van der Waals surface area (Å²) in [7, 11) is -0.513. The fourth-order valence-corrected chi connectivity index (χ4v) is 5.15.